The summed E-state index contributed by atoms with van der Waals surface area (Å²) in [5.74, 6) is 0. The highest BCUT2D eigenvalue weighted by atomic mass is 79.9. The quantitative estimate of drug-likeness (QED) is 0.725. The van der Waals surface area contributed by atoms with E-state index >= 15 is 0 Å². The van der Waals surface area contributed by atoms with Crippen LogP contribution in [0.25, 0.3) is 0 Å². The molecule has 0 spiro atoms. The van der Waals surface area contributed by atoms with Gasteiger partial charge in [-0.1, -0.05) is 24.3 Å². The van der Waals surface area contributed by atoms with Gasteiger partial charge in [-0.15, -0.1) is 0 Å². The van der Waals surface area contributed by atoms with Crippen molar-refractivity contribution >= 4 is 16.1 Å². The Morgan fingerprint density at radius 3 is 2.75 bits per heavy atom. The molecule has 1 aliphatic carbocycles. The van der Waals surface area contributed by atoms with Gasteiger partial charge in [-0.3, -0.25) is 4.34 Å². The zero-order chi connectivity index (χ0) is 8.39. The minimum Gasteiger partial charge on any atom is -0.252 e. The van der Waals surface area contributed by atoms with Crippen LogP contribution in [0.4, 0.5) is 0 Å². The predicted octanol–water partition coefficient (Wildman–Crippen LogP) is 2.44. The molecule has 64 valence electrons. The molecule has 12 heavy (non-hydrogen) atoms. The second-order valence-electron chi connectivity index (χ2n) is 3.32. The predicted molar refractivity (Wildman–Crippen MR) is 54.3 cm³/mol. The first-order valence-corrected chi connectivity index (χ1v) is 5.12. The Labute approximate surface area is 81.5 Å². The van der Waals surface area contributed by atoms with Gasteiger partial charge < -0.3 is 0 Å². The van der Waals surface area contributed by atoms with Crippen molar-refractivity contribution in [3.8, 4) is 0 Å². The summed E-state index contributed by atoms with van der Waals surface area (Å²) in [6.07, 6.45) is 3.60. The number of fused-ring (bicyclic) bond motifs is 1. The SMILES string of the molecule is BrNC1CCc2ccccc2C1. The highest BCUT2D eigenvalue weighted by Gasteiger charge is 2.16. The van der Waals surface area contributed by atoms with E-state index in [1.54, 1.807) is 0 Å². The molecule has 1 aromatic carbocycles. The van der Waals surface area contributed by atoms with Gasteiger partial charge in [0, 0.05) is 22.2 Å². The monoisotopic (exact) mass is 225 g/mol. The summed E-state index contributed by atoms with van der Waals surface area (Å²) in [6, 6.07) is 9.32. The first-order valence-electron chi connectivity index (χ1n) is 4.33. The summed E-state index contributed by atoms with van der Waals surface area (Å²) in [7, 11) is 0. The van der Waals surface area contributed by atoms with Crippen molar-refractivity contribution < 1.29 is 0 Å². The maximum atomic E-state index is 3.31. The van der Waals surface area contributed by atoms with E-state index in [2.05, 4.69) is 44.8 Å². The number of halogens is 1. The van der Waals surface area contributed by atoms with Crippen LogP contribution in [0.15, 0.2) is 24.3 Å². The third kappa shape index (κ3) is 1.54. The molecule has 1 aliphatic rings. The van der Waals surface area contributed by atoms with Crippen LogP contribution in [0.1, 0.15) is 17.5 Å². The van der Waals surface area contributed by atoms with Gasteiger partial charge >= 0.3 is 0 Å². The number of hydrogen-bond acceptors (Lipinski definition) is 1. The lowest BCUT2D eigenvalue weighted by molar-refractivity contribution is 0.551. The molecule has 0 heterocycles. The molecule has 1 N–H and O–H groups in total. The summed E-state index contributed by atoms with van der Waals surface area (Å²) < 4.78 is 3.16. The molecule has 0 amide bonds. The maximum absolute atomic E-state index is 3.31. The molecular formula is C10H12BrN. The fraction of sp³-hybridized carbons (Fsp3) is 0.400. The van der Waals surface area contributed by atoms with E-state index in [1.165, 1.54) is 24.0 Å². The van der Waals surface area contributed by atoms with Crippen molar-refractivity contribution in [3.63, 3.8) is 0 Å². The third-order valence-corrected chi connectivity index (χ3v) is 3.15. The van der Waals surface area contributed by atoms with Crippen molar-refractivity contribution in [1.29, 1.82) is 0 Å². The number of hydrogen-bond donors (Lipinski definition) is 1. The van der Waals surface area contributed by atoms with Crippen LogP contribution in [0.3, 0.4) is 0 Å². The normalized spacial score (nSPS) is 21.9. The zero-order valence-electron chi connectivity index (χ0n) is 6.89. The molecule has 1 atom stereocenters. The number of benzene rings is 1. The Balaban J connectivity index is 2.23. The fourth-order valence-corrected chi connectivity index (χ4v) is 2.18. The summed E-state index contributed by atoms with van der Waals surface area (Å²) in [5.41, 5.74) is 3.03. The Bertz CT molecular complexity index is 272. The Hall–Kier alpha value is -0.340. The van der Waals surface area contributed by atoms with Gasteiger partial charge in [0.1, 0.15) is 0 Å². The van der Waals surface area contributed by atoms with E-state index in [0.29, 0.717) is 6.04 Å². The van der Waals surface area contributed by atoms with Crippen LogP contribution in [0.2, 0.25) is 0 Å². The molecule has 0 fully saturated rings. The molecule has 0 radical (unpaired) electrons. The van der Waals surface area contributed by atoms with Gasteiger partial charge in [-0.25, -0.2) is 0 Å². The van der Waals surface area contributed by atoms with Crippen LogP contribution in [-0.4, -0.2) is 6.04 Å². The molecule has 1 unspecified atom stereocenters. The molecule has 2 rings (SSSR count). The topological polar surface area (TPSA) is 12.0 Å². The molecule has 1 aromatic rings. The lowest BCUT2D eigenvalue weighted by Crippen LogP contribution is -2.27. The van der Waals surface area contributed by atoms with E-state index in [-0.39, 0.29) is 0 Å². The smallest absolute Gasteiger partial charge is 0.0218 e. The second kappa shape index (κ2) is 3.58. The summed E-state index contributed by atoms with van der Waals surface area (Å²) in [5, 5.41) is 0. The lowest BCUT2D eigenvalue weighted by Gasteiger charge is -2.22. The van der Waals surface area contributed by atoms with Gasteiger partial charge in [0.25, 0.3) is 0 Å². The third-order valence-electron chi connectivity index (χ3n) is 2.50. The van der Waals surface area contributed by atoms with Crippen LogP contribution in [0.5, 0.6) is 0 Å². The molecule has 0 aliphatic heterocycles. The Kier molecular flexibility index (Phi) is 2.47. The molecular weight excluding hydrogens is 214 g/mol. The molecule has 0 aromatic heterocycles. The van der Waals surface area contributed by atoms with Gasteiger partial charge in [0.15, 0.2) is 0 Å². The largest absolute Gasteiger partial charge is 0.252 e. The number of rotatable bonds is 1. The molecule has 0 saturated heterocycles. The van der Waals surface area contributed by atoms with E-state index in [4.69, 9.17) is 0 Å². The lowest BCUT2D eigenvalue weighted by atomic mass is 9.89. The van der Waals surface area contributed by atoms with Crippen LogP contribution in [-0.2, 0) is 12.8 Å². The van der Waals surface area contributed by atoms with E-state index in [1.807, 2.05) is 0 Å². The van der Waals surface area contributed by atoms with Gasteiger partial charge in [0.05, 0.1) is 0 Å². The average molecular weight is 226 g/mol. The maximum Gasteiger partial charge on any atom is 0.0218 e. The van der Waals surface area contributed by atoms with Crippen molar-refractivity contribution in [2.24, 2.45) is 0 Å². The fourth-order valence-electron chi connectivity index (χ4n) is 1.79. The van der Waals surface area contributed by atoms with Crippen molar-refractivity contribution in [3.05, 3.63) is 35.4 Å². The average Bonchev–Trinajstić information content (AvgIpc) is 2.17. The van der Waals surface area contributed by atoms with E-state index in [0.717, 1.165) is 6.42 Å². The molecule has 0 saturated carbocycles. The zero-order valence-corrected chi connectivity index (χ0v) is 8.47. The van der Waals surface area contributed by atoms with Crippen molar-refractivity contribution in [2.75, 3.05) is 0 Å². The first-order chi connectivity index (χ1) is 5.90. The van der Waals surface area contributed by atoms with Crippen molar-refractivity contribution in [1.82, 2.24) is 4.34 Å². The van der Waals surface area contributed by atoms with Gasteiger partial charge in [0.2, 0.25) is 0 Å². The summed E-state index contributed by atoms with van der Waals surface area (Å²) in [4.78, 5) is 0. The van der Waals surface area contributed by atoms with E-state index < -0.39 is 0 Å². The first kappa shape index (κ1) is 8.27. The second-order valence-corrected chi connectivity index (χ2v) is 3.78. The minimum atomic E-state index is 0.611. The Morgan fingerprint density at radius 1 is 1.25 bits per heavy atom. The van der Waals surface area contributed by atoms with Crippen LogP contribution < -0.4 is 4.34 Å². The number of aryl methyl sites for hydroxylation is 1. The minimum absolute atomic E-state index is 0.611. The highest BCUT2D eigenvalue weighted by Crippen LogP contribution is 2.21. The van der Waals surface area contributed by atoms with Gasteiger partial charge in [-0.05, 0) is 30.4 Å². The van der Waals surface area contributed by atoms with Gasteiger partial charge in [-0.2, -0.15) is 0 Å². The van der Waals surface area contributed by atoms with Crippen molar-refractivity contribution in [2.45, 2.75) is 25.3 Å². The van der Waals surface area contributed by atoms with Crippen LogP contribution in [0, 0.1) is 0 Å². The highest BCUT2D eigenvalue weighted by molar-refractivity contribution is 9.08. The standard InChI is InChI=1S/C10H12BrN/c11-12-10-6-5-8-3-1-2-4-9(8)7-10/h1-4,10,12H,5-7H2. The number of nitrogens with one attached hydrogen (secondary N) is 1. The molecule has 1 nitrogen and oxygen atoms in total. The Morgan fingerprint density at radius 2 is 2.00 bits per heavy atom. The van der Waals surface area contributed by atoms with E-state index in [9.17, 15) is 0 Å². The summed E-state index contributed by atoms with van der Waals surface area (Å²) in [6.45, 7) is 0. The molecule has 2 heteroatoms. The molecule has 0 bridgehead atoms. The van der Waals surface area contributed by atoms with Crippen LogP contribution >= 0.6 is 16.1 Å². The summed E-state index contributed by atoms with van der Waals surface area (Å²) >= 11 is 3.31.